The first-order valence-electron chi connectivity index (χ1n) is 39.4. The molecule has 0 radical (unpaired) electrons. The average Bonchev–Trinajstić information content (AvgIpc) is 0.759. The second kappa shape index (κ2) is 52.8. The molecule has 11 heteroatoms. The van der Waals surface area contributed by atoms with Crippen molar-refractivity contribution in [2.24, 2.45) is 46.8 Å². The number of aryl methyl sites for hydroxylation is 1. The van der Waals surface area contributed by atoms with Gasteiger partial charge in [0.05, 0.1) is 25.9 Å². The minimum atomic E-state index is -0.265. The van der Waals surface area contributed by atoms with Crippen LogP contribution in [0.1, 0.15) is 349 Å². The first-order valence-corrected chi connectivity index (χ1v) is 39.4. The number of ether oxygens (including phenoxy) is 11. The number of hydrogen-bond donors (Lipinski definition) is 0. The third kappa shape index (κ3) is 32.8. The van der Waals surface area contributed by atoms with E-state index in [1.807, 2.05) is 65.0 Å². The molecule has 13 rings (SSSR count). The largest absolute Gasteiger partial charge is 0.493 e. The molecule has 0 aromatic heterocycles. The van der Waals surface area contributed by atoms with Gasteiger partial charge < -0.3 is 52.1 Å². The second-order valence-corrected chi connectivity index (χ2v) is 31.4. The predicted molar refractivity (Wildman–Crippen MR) is 465 cm³/mol. The van der Waals surface area contributed by atoms with E-state index in [2.05, 4.69) is 169 Å². The maximum absolute atomic E-state index is 6.32. The summed E-state index contributed by atoms with van der Waals surface area (Å²) in [6.45, 7) is 42.0. The molecule has 11 nitrogen and oxygen atoms in total. The van der Waals surface area contributed by atoms with Gasteiger partial charge in [-0.15, -0.1) is 0 Å². The van der Waals surface area contributed by atoms with Gasteiger partial charge in [0.15, 0.2) is 44.0 Å². The molecule has 0 saturated heterocycles. The van der Waals surface area contributed by atoms with E-state index in [0.717, 1.165) is 102 Å². The van der Waals surface area contributed by atoms with Crippen LogP contribution in [0.2, 0.25) is 0 Å². The smallest absolute Gasteiger partial charge is 0.197 e. The van der Waals surface area contributed by atoms with Gasteiger partial charge in [-0.3, -0.25) is 0 Å². The molecule has 108 heavy (non-hydrogen) atoms. The first kappa shape index (κ1) is 105. The van der Waals surface area contributed by atoms with Crippen molar-refractivity contribution in [3.63, 3.8) is 0 Å². The van der Waals surface area contributed by atoms with Crippen molar-refractivity contribution < 1.29 is 52.1 Å². The molecule has 8 saturated carbocycles. The van der Waals surface area contributed by atoms with Gasteiger partial charge >= 0.3 is 0 Å². The summed E-state index contributed by atoms with van der Waals surface area (Å²) in [4.78, 5) is 0. The van der Waals surface area contributed by atoms with Gasteiger partial charge in [-0.25, -0.2) is 0 Å². The lowest BCUT2D eigenvalue weighted by atomic mass is 9.50. The molecule has 0 N–H and O–H groups in total. The molecule has 5 aromatic rings. The number of benzene rings is 5. The fourth-order valence-electron chi connectivity index (χ4n) is 16.8. The van der Waals surface area contributed by atoms with Gasteiger partial charge in [0, 0.05) is 13.2 Å². The van der Waals surface area contributed by atoms with Gasteiger partial charge in [-0.05, 0) is 315 Å². The van der Waals surface area contributed by atoms with Gasteiger partial charge in [-0.2, -0.15) is 0 Å². The molecular formula is C97H168O11. The Balaban J connectivity index is 0. The minimum Gasteiger partial charge on any atom is -0.493 e. The van der Waals surface area contributed by atoms with Crippen molar-refractivity contribution in [3.05, 3.63) is 143 Å². The molecule has 8 aliphatic carbocycles. The molecule has 8 unspecified atom stereocenters. The zero-order valence-corrected chi connectivity index (χ0v) is 65.8. The molecule has 5 aromatic carbocycles. The van der Waals surface area contributed by atoms with E-state index in [1.165, 1.54) is 123 Å². The van der Waals surface area contributed by atoms with Crippen LogP contribution in [0, 0.1) is 53.8 Å². The van der Waals surface area contributed by atoms with Crippen LogP contribution in [-0.4, -0.2) is 71.6 Å². The first-order chi connectivity index (χ1) is 48.0. The highest BCUT2D eigenvalue weighted by molar-refractivity contribution is 5.44. The van der Waals surface area contributed by atoms with Crippen molar-refractivity contribution in [1.29, 1.82) is 0 Å². The van der Waals surface area contributed by atoms with E-state index >= 15 is 0 Å². The van der Waals surface area contributed by atoms with Gasteiger partial charge in [0.25, 0.3) is 0 Å². The Hall–Kier alpha value is -5.30. The van der Waals surface area contributed by atoms with Crippen molar-refractivity contribution in [2.45, 2.75) is 347 Å². The van der Waals surface area contributed by atoms with E-state index in [0.29, 0.717) is 67.7 Å². The average molecular weight is 1510 g/mol. The maximum atomic E-state index is 6.32. The van der Waals surface area contributed by atoms with Crippen LogP contribution in [0.25, 0.3) is 0 Å². The molecule has 8 bridgehead atoms. The lowest BCUT2D eigenvalue weighted by Crippen LogP contribution is -2.52. The molecule has 8 fully saturated rings. The Morgan fingerprint density at radius 2 is 0.694 bits per heavy atom. The molecular weight excluding hydrogens is 1340 g/mol. The fourth-order valence-corrected chi connectivity index (χ4v) is 16.8. The highest BCUT2D eigenvalue weighted by Gasteiger charge is 2.52. The van der Waals surface area contributed by atoms with Crippen LogP contribution >= 0.6 is 0 Å². The number of rotatable bonds is 33. The lowest BCUT2D eigenvalue weighted by Gasteiger charge is -2.56. The Kier molecular flexibility index (Phi) is 51.3. The second-order valence-electron chi connectivity index (χ2n) is 31.4. The SMILES string of the molecule is C.C.C.C.C.C.C.C.CCC(C)c1ccc(OC(C)OCC(C)C)cc1.CCC(C)c1ccc(OCOC23CC4CC(CC(C4)C2)C3)cc1.CCC(C)c1ccc(OCOCC23CC4CC(CC(C4)C2)C3)cc1.CCOC(C)Oc1ccc(C(C)CC)cc1C.CCOC(C)Oc1ccc(C(C)CC)cc1OC. The number of methoxy groups -OCH3 is 1. The molecule has 0 aliphatic heterocycles. The summed E-state index contributed by atoms with van der Waals surface area (Å²) in [6.07, 6.45) is 22.0. The quantitative estimate of drug-likeness (QED) is 0.0296. The topological polar surface area (TPSA) is 102 Å². The van der Waals surface area contributed by atoms with Crippen molar-refractivity contribution >= 4 is 0 Å². The van der Waals surface area contributed by atoms with E-state index in [9.17, 15) is 0 Å². The molecule has 8 aliphatic rings. The molecule has 622 valence electrons. The fraction of sp³-hybridized carbons (Fsp3) is 0.691. The van der Waals surface area contributed by atoms with Crippen LogP contribution in [0.3, 0.4) is 0 Å². The lowest BCUT2D eigenvalue weighted by molar-refractivity contribution is -0.190. The summed E-state index contributed by atoms with van der Waals surface area (Å²) in [5, 5.41) is 0. The minimum absolute atomic E-state index is 0. The Morgan fingerprint density at radius 1 is 0.361 bits per heavy atom. The van der Waals surface area contributed by atoms with Crippen LogP contribution in [-0.2, 0) is 23.7 Å². The van der Waals surface area contributed by atoms with E-state index in [1.54, 1.807) is 7.11 Å². The highest BCUT2D eigenvalue weighted by Crippen LogP contribution is 2.60. The Bertz CT molecular complexity index is 3000. The summed E-state index contributed by atoms with van der Waals surface area (Å²) in [6, 6.07) is 37.9. The Labute approximate surface area is 666 Å². The highest BCUT2D eigenvalue weighted by atomic mass is 16.7. The van der Waals surface area contributed by atoms with Gasteiger partial charge in [0.1, 0.15) is 23.0 Å². The molecule has 8 atom stereocenters. The van der Waals surface area contributed by atoms with Crippen LogP contribution in [0.15, 0.2) is 109 Å². The Morgan fingerprint density at radius 3 is 1.06 bits per heavy atom. The zero-order valence-electron chi connectivity index (χ0n) is 65.8. The van der Waals surface area contributed by atoms with Crippen LogP contribution < -0.4 is 28.4 Å². The standard InChI is InChI=1S/C22H32O2.C21H30O2.C16H26O2.C15H24O3.C15H24O2.8CH4/c1-3-16(2)20-4-6-21(7-5-20)24-15-23-14-22-11-17-8-18(12-22)10-19(9-17)13-22;1-3-15(2)19-4-6-20(7-5-19)22-14-23-21-11-16-8-17(12-21)10-18(9-16)13-21;1-6-13(4)15-7-9-16(10-8-15)18-14(5)17-11-12(2)3;1-6-11(3)13-8-9-14(15(10-13)16-5)18-12(4)17-7-2;1-6-11(3)14-8-9-15(12(4)10-14)17-13(5)16-7-2;;;;;;;;/h4-7,16-19H,3,8-15H2,1-2H3;4-7,15-18H,3,8-14H2,1-2H3;7-10,12-14H,6,11H2,1-5H3;8-12H,6-7H2,1-5H3;8-11,13H,6-7H2,1-5H3;8*1H4. The summed E-state index contributed by atoms with van der Waals surface area (Å²) >= 11 is 0. The maximum Gasteiger partial charge on any atom is 0.197 e. The van der Waals surface area contributed by atoms with E-state index < -0.39 is 0 Å². The van der Waals surface area contributed by atoms with E-state index in [4.69, 9.17) is 52.1 Å². The molecule has 0 spiro atoms. The predicted octanol–water partition coefficient (Wildman–Crippen LogP) is 29.2. The number of hydrogen-bond acceptors (Lipinski definition) is 11. The summed E-state index contributed by atoms with van der Waals surface area (Å²) in [5.41, 5.74) is 8.59. The monoisotopic (exact) mass is 1510 g/mol. The van der Waals surface area contributed by atoms with Crippen LogP contribution in [0.5, 0.6) is 34.5 Å². The third-order valence-electron chi connectivity index (χ3n) is 22.7. The van der Waals surface area contributed by atoms with Crippen molar-refractivity contribution in [3.8, 4) is 34.5 Å². The van der Waals surface area contributed by atoms with Crippen molar-refractivity contribution in [1.82, 2.24) is 0 Å². The van der Waals surface area contributed by atoms with Gasteiger partial charge in [0.2, 0.25) is 0 Å². The summed E-state index contributed by atoms with van der Waals surface area (Å²) in [7, 11) is 1.66. The summed E-state index contributed by atoms with van der Waals surface area (Å²) < 4.78 is 62.9. The van der Waals surface area contributed by atoms with Crippen LogP contribution in [0.4, 0.5) is 0 Å². The molecule has 0 amide bonds. The van der Waals surface area contributed by atoms with Crippen molar-refractivity contribution in [2.75, 3.05) is 47.1 Å². The summed E-state index contributed by atoms with van der Waals surface area (Å²) in [5.74, 6) is 14.4. The molecule has 0 heterocycles. The van der Waals surface area contributed by atoms with Gasteiger partial charge in [-0.1, -0.05) is 197 Å². The third-order valence-corrected chi connectivity index (χ3v) is 22.7. The normalized spacial score (nSPS) is 22.6. The zero-order chi connectivity index (χ0) is 72.4. The van der Waals surface area contributed by atoms with E-state index in [-0.39, 0.29) is 83.9 Å².